The molecule has 2 aliphatic heterocycles. The quantitative estimate of drug-likeness (QED) is 0.793. The molecule has 5 nitrogen and oxygen atoms in total. The average molecular weight is 234 g/mol. The summed E-state index contributed by atoms with van der Waals surface area (Å²) in [6, 6.07) is 1.14. The molecular formula is C12H14N2O3. The molecule has 90 valence electrons. The number of carbonyl (C=O) groups is 1. The Kier molecular flexibility index (Phi) is 2.28. The van der Waals surface area contributed by atoms with Crippen LogP contribution in [0.2, 0.25) is 0 Å². The zero-order chi connectivity index (χ0) is 12.0. The van der Waals surface area contributed by atoms with Crippen molar-refractivity contribution in [2.24, 2.45) is 5.92 Å². The van der Waals surface area contributed by atoms with Crippen LogP contribution in [0.4, 0.5) is 0 Å². The zero-order valence-electron chi connectivity index (χ0n) is 9.43. The minimum absolute atomic E-state index is 0.119. The van der Waals surface area contributed by atoms with Crippen LogP contribution in [0.5, 0.6) is 0 Å². The molecule has 1 aromatic rings. The summed E-state index contributed by atoms with van der Waals surface area (Å²) >= 11 is 0. The minimum atomic E-state index is -1.12. The van der Waals surface area contributed by atoms with Crippen LogP contribution in [0.25, 0.3) is 0 Å². The molecule has 1 aliphatic carbocycles. The first-order chi connectivity index (χ1) is 8.15. The van der Waals surface area contributed by atoms with Gasteiger partial charge in [-0.2, -0.15) is 0 Å². The first-order valence-electron chi connectivity index (χ1n) is 6.00. The summed E-state index contributed by atoms with van der Waals surface area (Å²) in [6.45, 7) is 0.706. The molecule has 3 aliphatic rings. The van der Waals surface area contributed by atoms with Gasteiger partial charge in [0, 0.05) is 18.5 Å². The van der Waals surface area contributed by atoms with E-state index in [1.165, 1.54) is 0 Å². The van der Waals surface area contributed by atoms with Gasteiger partial charge in [-0.05, 0) is 31.6 Å². The maximum Gasteiger partial charge on any atom is 0.354 e. The number of carboxylic acid groups (broad SMARTS) is 1. The lowest BCUT2D eigenvalue weighted by atomic mass is 9.83. The molecule has 0 aromatic carbocycles. The van der Waals surface area contributed by atoms with Gasteiger partial charge in [-0.15, -0.1) is 0 Å². The van der Waals surface area contributed by atoms with E-state index < -0.39 is 5.97 Å². The standard InChI is InChI=1S/C12H14N2O3/c15-10-5-9(12(16)17)13-11-8-3-1-7(2-4-8)6-14(10)11/h5,7-8H,1-4,6H2,(H,16,17). The fraction of sp³-hybridized carbons (Fsp3) is 0.583. The second-order valence-electron chi connectivity index (χ2n) is 4.97. The molecule has 0 radical (unpaired) electrons. The van der Waals surface area contributed by atoms with Crippen LogP contribution in [-0.2, 0) is 6.54 Å². The Hall–Kier alpha value is -1.65. The fourth-order valence-corrected chi connectivity index (χ4v) is 2.99. The second kappa shape index (κ2) is 3.68. The smallest absolute Gasteiger partial charge is 0.354 e. The molecule has 0 unspecified atom stereocenters. The number of aromatic carboxylic acids is 1. The average Bonchev–Trinajstić information content (AvgIpc) is 2.59. The third kappa shape index (κ3) is 1.66. The molecular weight excluding hydrogens is 220 g/mol. The summed E-state index contributed by atoms with van der Waals surface area (Å²) in [6.07, 6.45) is 4.30. The maximum atomic E-state index is 11.9. The van der Waals surface area contributed by atoms with E-state index in [1.807, 2.05) is 0 Å². The highest BCUT2D eigenvalue weighted by atomic mass is 16.4. The first-order valence-corrected chi connectivity index (χ1v) is 6.00. The van der Waals surface area contributed by atoms with Crippen LogP contribution in [0, 0.1) is 5.92 Å². The Morgan fingerprint density at radius 2 is 2.06 bits per heavy atom. The predicted octanol–water partition coefficient (Wildman–Crippen LogP) is 1.23. The van der Waals surface area contributed by atoms with Gasteiger partial charge in [0.05, 0.1) is 0 Å². The van der Waals surface area contributed by atoms with Gasteiger partial charge in [0.15, 0.2) is 5.69 Å². The van der Waals surface area contributed by atoms with E-state index in [2.05, 4.69) is 4.98 Å². The number of carboxylic acids is 1. The van der Waals surface area contributed by atoms with Crippen molar-refractivity contribution < 1.29 is 9.90 Å². The van der Waals surface area contributed by atoms with Gasteiger partial charge >= 0.3 is 5.97 Å². The van der Waals surface area contributed by atoms with E-state index in [0.717, 1.165) is 31.7 Å². The minimum Gasteiger partial charge on any atom is -0.477 e. The molecule has 1 fully saturated rings. The zero-order valence-corrected chi connectivity index (χ0v) is 9.43. The number of aromatic nitrogens is 2. The third-order valence-corrected chi connectivity index (χ3v) is 3.91. The summed E-state index contributed by atoms with van der Waals surface area (Å²) in [7, 11) is 0. The molecule has 1 saturated carbocycles. The van der Waals surface area contributed by atoms with Crippen molar-refractivity contribution in [2.75, 3.05) is 0 Å². The van der Waals surface area contributed by atoms with Crippen molar-refractivity contribution in [1.29, 1.82) is 0 Å². The maximum absolute atomic E-state index is 11.9. The lowest BCUT2D eigenvalue weighted by Crippen LogP contribution is -2.27. The lowest BCUT2D eigenvalue weighted by Gasteiger charge is -2.21. The Morgan fingerprint density at radius 3 is 2.71 bits per heavy atom. The normalized spacial score (nSPS) is 26.4. The summed E-state index contributed by atoms with van der Waals surface area (Å²) in [4.78, 5) is 27.0. The Labute approximate surface area is 98.1 Å². The van der Waals surface area contributed by atoms with Crippen molar-refractivity contribution in [3.8, 4) is 0 Å². The Balaban J connectivity index is 2.19. The Bertz CT molecular complexity index is 527. The predicted molar refractivity (Wildman–Crippen MR) is 60.2 cm³/mol. The van der Waals surface area contributed by atoms with E-state index in [9.17, 15) is 9.59 Å². The number of hydrogen-bond donors (Lipinski definition) is 1. The molecule has 0 saturated heterocycles. The SMILES string of the molecule is O=C(O)c1cc(=O)n2c(n1)C1CCC(CC1)C2. The summed E-state index contributed by atoms with van der Waals surface area (Å²) in [5.74, 6) is 0.391. The van der Waals surface area contributed by atoms with Crippen LogP contribution in [-0.4, -0.2) is 20.6 Å². The summed E-state index contributed by atoms with van der Waals surface area (Å²) in [5.41, 5.74) is -0.335. The Morgan fingerprint density at radius 1 is 1.35 bits per heavy atom. The number of rotatable bonds is 1. The van der Waals surface area contributed by atoms with Gasteiger partial charge in [-0.25, -0.2) is 9.78 Å². The number of hydrogen-bond acceptors (Lipinski definition) is 3. The molecule has 3 heterocycles. The monoisotopic (exact) mass is 234 g/mol. The van der Waals surface area contributed by atoms with Crippen LogP contribution in [0.1, 0.15) is 47.9 Å². The van der Waals surface area contributed by atoms with Gasteiger partial charge in [-0.1, -0.05) is 0 Å². The number of nitrogens with zero attached hydrogens (tertiary/aromatic N) is 2. The fourth-order valence-electron chi connectivity index (χ4n) is 2.99. The lowest BCUT2D eigenvalue weighted by molar-refractivity contribution is 0.0689. The molecule has 1 N–H and O–H groups in total. The molecule has 0 amide bonds. The molecule has 1 aromatic heterocycles. The van der Waals surface area contributed by atoms with Crippen molar-refractivity contribution in [2.45, 2.75) is 38.1 Å². The largest absolute Gasteiger partial charge is 0.477 e. The van der Waals surface area contributed by atoms with Crippen molar-refractivity contribution in [3.05, 3.63) is 27.9 Å². The molecule has 5 heteroatoms. The summed E-state index contributed by atoms with van der Waals surface area (Å²) in [5, 5.41) is 8.94. The molecule has 0 spiro atoms. The molecule has 4 rings (SSSR count). The van der Waals surface area contributed by atoms with E-state index >= 15 is 0 Å². The van der Waals surface area contributed by atoms with Crippen molar-refractivity contribution in [1.82, 2.24) is 9.55 Å². The van der Waals surface area contributed by atoms with Gasteiger partial charge in [0.25, 0.3) is 5.56 Å². The van der Waals surface area contributed by atoms with Crippen LogP contribution < -0.4 is 5.56 Å². The highest BCUT2D eigenvalue weighted by Crippen LogP contribution is 2.38. The molecule has 2 bridgehead atoms. The van der Waals surface area contributed by atoms with Gasteiger partial charge in [-0.3, -0.25) is 9.36 Å². The van der Waals surface area contributed by atoms with Gasteiger partial charge in [0.1, 0.15) is 5.82 Å². The highest BCUT2D eigenvalue weighted by molar-refractivity contribution is 5.85. The van der Waals surface area contributed by atoms with Gasteiger partial charge < -0.3 is 5.11 Å². The van der Waals surface area contributed by atoms with E-state index in [0.29, 0.717) is 18.3 Å². The topological polar surface area (TPSA) is 72.2 Å². The molecule has 17 heavy (non-hydrogen) atoms. The van der Waals surface area contributed by atoms with Crippen LogP contribution >= 0.6 is 0 Å². The first kappa shape index (κ1) is 10.5. The van der Waals surface area contributed by atoms with Crippen molar-refractivity contribution in [3.63, 3.8) is 0 Å². The highest BCUT2D eigenvalue weighted by Gasteiger charge is 2.31. The van der Waals surface area contributed by atoms with E-state index in [4.69, 9.17) is 5.11 Å². The van der Waals surface area contributed by atoms with Crippen molar-refractivity contribution >= 4 is 5.97 Å². The molecule has 0 atom stereocenters. The third-order valence-electron chi connectivity index (χ3n) is 3.91. The summed E-state index contributed by atoms with van der Waals surface area (Å²) < 4.78 is 1.68. The van der Waals surface area contributed by atoms with E-state index in [1.54, 1.807) is 4.57 Å². The second-order valence-corrected chi connectivity index (χ2v) is 4.97. The van der Waals surface area contributed by atoms with Crippen LogP contribution in [0.15, 0.2) is 10.9 Å². The number of fused-ring (bicyclic) bond motifs is 2. The van der Waals surface area contributed by atoms with E-state index in [-0.39, 0.29) is 17.2 Å². The van der Waals surface area contributed by atoms with Gasteiger partial charge in [0.2, 0.25) is 0 Å². The van der Waals surface area contributed by atoms with Crippen LogP contribution in [0.3, 0.4) is 0 Å².